The minimum atomic E-state index is -3.54. The zero-order valence-corrected chi connectivity index (χ0v) is 17.6. The summed E-state index contributed by atoms with van der Waals surface area (Å²) in [5.74, 6) is 0.192. The van der Waals surface area contributed by atoms with Gasteiger partial charge in [0.1, 0.15) is 5.75 Å². The van der Waals surface area contributed by atoms with Crippen molar-refractivity contribution in [2.24, 2.45) is 0 Å². The lowest BCUT2D eigenvalue weighted by Crippen LogP contribution is -2.32. The van der Waals surface area contributed by atoms with Crippen molar-refractivity contribution < 1.29 is 17.9 Å². The van der Waals surface area contributed by atoms with Crippen LogP contribution >= 0.6 is 11.6 Å². The number of anilines is 1. The maximum Gasteiger partial charge on any atom is 0.262 e. The summed E-state index contributed by atoms with van der Waals surface area (Å²) in [6, 6.07) is 12.9. The van der Waals surface area contributed by atoms with Gasteiger partial charge in [0.05, 0.1) is 4.90 Å². The summed E-state index contributed by atoms with van der Waals surface area (Å²) >= 11 is 5.80. The molecule has 0 bridgehead atoms. The van der Waals surface area contributed by atoms with Crippen LogP contribution in [0.2, 0.25) is 5.02 Å². The lowest BCUT2D eigenvalue weighted by atomic mass is 10.3. The fourth-order valence-electron chi connectivity index (χ4n) is 2.59. The smallest absolute Gasteiger partial charge is 0.262 e. The molecule has 0 fully saturated rings. The molecule has 152 valence electrons. The summed E-state index contributed by atoms with van der Waals surface area (Å²) in [7, 11) is -3.54. The Kier molecular flexibility index (Phi) is 8.29. The largest absolute Gasteiger partial charge is 0.484 e. The molecule has 1 amide bonds. The van der Waals surface area contributed by atoms with E-state index >= 15 is 0 Å². The van der Waals surface area contributed by atoms with Gasteiger partial charge in [-0.25, -0.2) is 8.42 Å². The number of nitrogens with zero attached hydrogens (tertiary/aromatic N) is 1. The number of sulfonamides is 1. The van der Waals surface area contributed by atoms with Crippen molar-refractivity contribution in [2.75, 3.05) is 25.0 Å². The van der Waals surface area contributed by atoms with Crippen molar-refractivity contribution in [2.45, 2.75) is 31.6 Å². The molecule has 28 heavy (non-hydrogen) atoms. The van der Waals surface area contributed by atoms with Crippen LogP contribution in [-0.4, -0.2) is 38.3 Å². The SMILES string of the molecule is CCCN(CCC)S(=O)(=O)c1ccc(NC(=O)COc2ccc(Cl)cc2)cc1. The summed E-state index contributed by atoms with van der Waals surface area (Å²) < 4.78 is 32.3. The summed E-state index contributed by atoms with van der Waals surface area (Å²) in [6.07, 6.45) is 1.50. The molecule has 0 aliphatic rings. The lowest BCUT2D eigenvalue weighted by molar-refractivity contribution is -0.118. The maximum atomic E-state index is 12.7. The zero-order valence-electron chi connectivity index (χ0n) is 16.0. The van der Waals surface area contributed by atoms with Crippen LogP contribution in [0, 0.1) is 0 Å². The van der Waals surface area contributed by atoms with E-state index in [9.17, 15) is 13.2 Å². The van der Waals surface area contributed by atoms with Gasteiger partial charge in [0.15, 0.2) is 6.61 Å². The predicted octanol–water partition coefficient (Wildman–Crippen LogP) is 4.17. The molecule has 0 saturated heterocycles. The molecule has 0 saturated carbocycles. The molecule has 1 N–H and O–H groups in total. The Morgan fingerprint density at radius 2 is 1.57 bits per heavy atom. The number of hydrogen-bond acceptors (Lipinski definition) is 4. The van der Waals surface area contributed by atoms with Gasteiger partial charge < -0.3 is 10.1 Å². The standard InChI is InChI=1S/C20H25ClN2O4S/c1-3-13-23(14-4-2)28(25,26)19-11-7-17(8-12-19)22-20(24)15-27-18-9-5-16(21)6-10-18/h5-12H,3-4,13-15H2,1-2H3,(H,22,24). The van der Waals surface area contributed by atoms with E-state index in [-0.39, 0.29) is 17.4 Å². The summed E-state index contributed by atoms with van der Waals surface area (Å²) in [4.78, 5) is 12.2. The molecule has 2 rings (SSSR count). The molecule has 0 atom stereocenters. The third-order valence-corrected chi connectivity index (χ3v) is 6.07. The summed E-state index contributed by atoms with van der Waals surface area (Å²) in [5, 5.41) is 3.27. The Hall–Kier alpha value is -2.09. The molecule has 0 aromatic heterocycles. The van der Waals surface area contributed by atoms with Crippen LogP contribution in [-0.2, 0) is 14.8 Å². The first-order valence-electron chi connectivity index (χ1n) is 9.15. The summed E-state index contributed by atoms with van der Waals surface area (Å²) in [6.45, 7) is 4.70. The predicted molar refractivity (Wildman–Crippen MR) is 111 cm³/mol. The highest BCUT2D eigenvalue weighted by Crippen LogP contribution is 2.19. The van der Waals surface area contributed by atoms with Gasteiger partial charge in [-0.3, -0.25) is 4.79 Å². The van der Waals surface area contributed by atoms with Gasteiger partial charge in [-0.2, -0.15) is 4.31 Å². The van der Waals surface area contributed by atoms with Crippen LogP contribution in [0.5, 0.6) is 5.75 Å². The Bertz CT molecular complexity index is 862. The minimum absolute atomic E-state index is 0.164. The molecule has 0 spiro atoms. The Balaban J connectivity index is 1.97. The number of rotatable bonds is 10. The van der Waals surface area contributed by atoms with E-state index in [1.807, 2.05) is 13.8 Å². The first-order valence-corrected chi connectivity index (χ1v) is 11.0. The van der Waals surface area contributed by atoms with Gasteiger partial charge in [0.2, 0.25) is 10.0 Å². The highest BCUT2D eigenvalue weighted by atomic mass is 35.5. The first kappa shape index (κ1) is 22.2. The molecule has 6 nitrogen and oxygen atoms in total. The van der Waals surface area contributed by atoms with E-state index < -0.39 is 10.0 Å². The van der Waals surface area contributed by atoms with E-state index in [4.69, 9.17) is 16.3 Å². The Morgan fingerprint density at radius 1 is 1.00 bits per heavy atom. The topological polar surface area (TPSA) is 75.7 Å². The van der Waals surface area contributed by atoms with Crippen molar-refractivity contribution in [3.8, 4) is 5.75 Å². The zero-order chi connectivity index (χ0) is 20.6. The van der Waals surface area contributed by atoms with Crippen LogP contribution in [0.15, 0.2) is 53.4 Å². The molecular weight excluding hydrogens is 400 g/mol. The van der Waals surface area contributed by atoms with Gasteiger partial charge in [-0.15, -0.1) is 0 Å². The first-order chi connectivity index (χ1) is 13.4. The molecule has 0 aliphatic heterocycles. The van der Waals surface area contributed by atoms with Crippen LogP contribution in [0.4, 0.5) is 5.69 Å². The van der Waals surface area contributed by atoms with Crippen molar-refractivity contribution in [3.05, 3.63) is 53.6 Å². The number of hydrogen-bond donors (Lipinski definition) is 1. The van der Waals surface area contributed by atoms with Crippen LogP contribution in [0.3, 0.4) is 0 Å². The van der Waals surface area contributed by atoms with Crippen molar-refractivity contribution in [1.29, 1.82) is 0 Å². The van der Waals surface area contributed by atoms with Crippen LogP contribution in [0.25, 0.3) is 0 Å². The monoisotopic (exact) mass is 424 g/mol. The van der Waals surface area contributed by atoms with Gasteiger partial charge in [-0.1, -0.05) is 25.4 Å². The maximum absolute atomic E-state index is 12.7. The van der Waals surface area contributed by atoms with Crippen molar-refractivity contribution >= 4 is 33.2 Å². The van der Waals surface area contributed by atoms with Crippen LogP contribution in [0.1, 0.15) is 26.7 Å². The van der Waals surface area contributed by atoms with Gasteiger partial charge in [0, 0.05) is 23.8 Å². The van der Waals surface area contributed by atoms with E-state index in [2.05, 4.69) is 5.32 Å². The van der Waals surface area contributed by atoms with Crippen molar-refractivity contribution in [3.63, 3.8) is 0 Å². The molecule has 0 radical (unpaired) electrons. The third kappa shape index (κ3) is 6.22. The lowest BCUT2D eigenvalue weighted by Gasteiger charge is -2.21. The molecular formula is C20H25ClN2O4S. The quantitative estimate of drug-likeness (QED) is 0.621. The number of amides is 1. The highest BCUT2D eigenvalue weighted by Gasteiger charge is 2.22. The fraction of sp³-hybridized carbons (Fsp3) is 0.350. The normalized spacial score (nSPS) is 11.4. The molecule has 0 unspecified atom stereocenters. The molecule has 2 aromatic carbocycles. The number of benzene rings is 2. The Morgan fingerprint density at radius 3 is 2.11 bits per heavy atom. The Labute approximate surface area is 171 Å². The van der Waals surface area contributed by atoms with Crippen LogP contribution < -0.4 is 10.1 Å². The van der Waals surface area contributed by atoms with Gasteiger partial charge in [-0.05, 0) is 61.4 Å². The van der Waals surface area contributed by atoms with Gasteiger partial charge >= 0.3 is 0 Å². The van der Waals surface area contributed by atoms with Gasteiger partial charge in [0.25, 0.3) is 5.91 Å². The number of ether oxygens (including phenoxy) is 1. The van der Waals surface area contributed by atoms with E-state index in [1.54, 1.807) is 36.4 Å². The highest BCUT2D eigenvalue weighted by molar-refractivity contribution is 7.89. The number of nitrogens with one attached hydrogen (secondary N) is 1. The average molecular weight is 425 g/mol. The average Bonchev–Trinajstić information content (AvgIpc) is 2.68. The van der Waals surface area contributed by atoms with E-state index in [1.165, 1.54) is 16.4 Å². The third-order valence-electron chi connectivity index (χ3n) is 3.91. The molecule has 0 heterocycles. The number of carbonyl (C=O) groups is 1. The van der Waals surface area contributed by atoms with E-state index in [0.717, 1.165) is 12.8 Å². The number of carbonyl (C=O) groups excluding carboxylic acids is 1. The van der Waals surface area contributed by atoms with Crippen molar-refractivity contribution in [1.82, 2.24) is 4.31 Å². The second-order valence-corrected chi connectivity index (χ2v) is 8.59. The fourth-order valence-corrected chi connectivity index (χ4v) is 4.34. The summed E-state index contributed by atoms with van der Waals surface area (Å²) in [5.41, 5.74) is 0.501. The second-order valence-electron chi connectivity index (χ2n) is 6.22. The molecule has 8 heteroatoms. The second kappa shape index (κ2) is 10.5. The molecule has 2 aromatic rings. The minimum Gasteiger partial charge on any atom is -0.484 e. The molecule has 0 aliphatic carbocycles. The number of halogens is 1. The van der Waals surface area contributed by atoms with E-state index in [0.29, 0.717) is 29.5 Å².